The summed E-state index contributed by atoms with van der Waals surface area (Å²) in [5.41, 5.74) is -0.682. The van der Waals surface area contributed by atoms with E-state index in [1.807, 2.05) is 0 Å². The third-order valence-corrected chi connectivity index (χ3v) is 6.12. The van der Waals surface area contributed by atoms with Crippen molar-refractivity contribution >= 4 is 40.7 Å². The van der Waals surface area contributed by atoms with Gasteiger partial charge in [-0.25, -0.2) is 9.67 Å². The van der Waals surface area contributed by atoms with Crippen LogP contribution < -0.4 is 10.6 Å². The van der Waals surface area contributed by atoms with E-state index in [1.165, 1.54) is 30.5 Å². The molecule has 2 unspecified atom stereocenters. The quantitative estimate of drug-likeness (QED) is 0.444. The number of anilines is 1. The van der Waals surface area contributed by atoms with E-state index in [0.717, 1.165) is 0 Å². The SMILES string of the molecule is CC(C)NC(=O)C1c2cc(NC(=O)c3cc(C(F)(F)F)nn3-c3ncccc3Cl)c(Cl)cc2CC1O. The van der Waals surface area contributed by atoms with Gasteiger partial charge in [-0.1, -0.05) is 23.2 Å². The first-order chi connectivity index (χ1) is 16.9. The number of alkyl halides is 3. The van der Waals surface area contributed by atoms with Gasteiger partial charge in [0.25, 0.3) is 5.91 Å². The number of rotatable bonds is 5. The van der Waals surface area contributed by atoms with Crippen molar-refractivity contribution in [2.45, 2.75) is 44.5 Å². The van der Waals surface area contributed by atoms with Crippen molar-refractivity contribution in [3.05, 3.63) is 69.1 Å². The van der Waals surface area contributed by atoms with Gasteiger partial charge in [0, 0.05) is 18.3 Å². The van der Waals surface area contributed by atoms with Crippen LogP contribution in [0.25, 0.3) is 5.82 Å². The lowest BCUT2D eigenvalue weighted by Crippen LogP contribution is -2.37. The number of nitrogens with zero attached hydrogens (tertiary/aromatic N) is 3. The van der Waals surface area contributed by atoms with E-state index < -0.39 is 41.4 Å². The van der Waals surface area contributed by atoms with Crippen LogP contribution in [0.3, 0.4) is 0 Å². The predicted octanol–water partition coefficient (Wildman–Crippen LogP) is 4.37. The van der Waals surface area contributed by atoms with Gasteiger partial charge in [-0.2, -0.15) is 18.3 Å². The number of hydrogen-bond acceptors (Lipinski definition) is 5. The Morgan fingerprint density at radius 3 is 2.56 bits per heavy atom. The average molecular weight is 542 g/mol. The van der Waals surface area contributed by atoms with Crippen molar-refractivity contribution in [3.8, 4) is 5.82 Å². The molecule has 36 heavy (non-hydrogen) atoms. The van der Waals surface area contributed by atoms with Crippen LogP contribution >= 0.6 is 23.2 Å². The molecular weight excluding hydrogens is 522 g/mol. The number of amides is 2. The molecule has 2 aromatic heterocycles. The molecule has 0 radical (unpaired) electrons. The van der Waals surface area contributed by atoms with E-state index in [9.17, 15) is 27.9 Å². The van der Waals surface area contributed by atoms with Crippen LogP contribution in [0.15, 0.2) is 36.5 Å². The zero-order valence-electron chi connectivity index (χ0n) is 18.9. The molecule has 4 rings (SSSR count). The van der Waals surface area contributed by atoms with E-state index in [4.69, 9.17) is 23.2 Å². The van der Waals surface area contributed by atoms with Crippen LogP contribution in [0.5, 0.6) is 0 Å². The van der Waals surface area contributed by atoms with Crippen LogP contribution in [-0.2, 0) is 17.4 Å². The number of pyridine rings is 1. The number of halogens is 5. The van der Waals surface area contributed by atoms with Crippen molar-refractivity contribution in [1.82, 2.24) is 20.1 Å². The minimum Gasteiger partial charge on any atom is -0.392 e. The van der Waals surface area contributed by atoms with Crippen LogP contribution in [0, 0.1) is 0 Å². The number of nitrogens with one attached hydrogen (secondary N) is 2. The van der Waals surface area contributed by atoms with Crippen molar-refractivity contribution in [2.75, 3.05) is 5.32 Å². The van der Waals surface area contributed by atoms with Gasteiger partial charge in [0.2, 0.25) is 5.91 Å². The Kier molecular flexibility index (Phi) is 7.00. The van der Waals surface area contributed by atoms with Crippen LogP contribution in [-0.4, -0.2) is 43.8 Å². The van der Waals surface area contributed by atoms with Gasteiger partial charge in [0.05, 0.1) is 27.8 Å². The number of benzene rings is 1. The van der Waals surface area contributed by atoms with Crippen molar-refractivity contribution in [2.24, 2.45) is 0 Å². The lowest BCUT2D eigenvalue weighted by molar-refractivity contribution is -0.141. The maximum Gasteiger partial charge on any atom is 0.435 e. The molecule has 13 heteroatoms. The highest BCUT2D eigenvalue weighted by Crippen LogP contribution is 2.39. The summed E-state index contributed by atoms with van der Waals surface area (Å²) in [6, 6.07) is 6.23. The Balaban J connectivity index is 1.72. The molecule has 2 heterocycles. The minimum atomic E-state index is -4.83. The first-order valence-electron chi connectivity index (χ1n) is 10.8. The molecule has 1 aliphatic rings. The van der Waals surface area contributed by atoms with Gasteiger partial charge in [-0.15, -0.1) is 0 Å². The number of carbonyl (C=O) groups is 2. The molecule has 0 saturated heterocycles. The zero-order chi connectivity index (χ0) is 26.4. The topological polar surface area (TPSA) is 109 Å². The number of hydrogen-bond donors (Lipinski definition) is 3. The van der Waals surface area contributed by atoms with Crippen LogP contribution in [0.1, 0.15) is 47.1 Å². The van der Waals surface area contributed by atoms with E-state index in [0.29, 0.717) is 21.9 Å². The molecule has 0 spiro atoms. The summed E-state index contributed by atoms with van der Waals surface area (Å²) in [5.74, 6) is -2.43. The van der Waals surface area contributed by atoms with Gasteiger partial charge in [-0.05, 0) is 55.7 Å². The lowest BCUT2D eigenvalue weighted by Gasteiger charge is -2.18. The standard InChI is InChI=1S/C23H20Cl2F3N5O3/c1-10(2)30-22(36)19-12-8-15(14(25)6-11(12)7-17(19)34)31-21(35)16-9-18(23(26,27)28)32-33(16)20-13(24)4-3-5-29-20/h3-6,8-10,17,19,34H,7H2,1-2H3,(H,30,36)(H,31,35). The molecule has 8 nitrogen and oxygen atoms in total. The van der Waals surface area contributed by atoms with Crippen molar-refractivity contribution in [1.29, 1.82) is 0 Å². The Bertz CT molecular complexity index is 1340. The van der Waals surface area contributed by atoms with Gasteiger partial charge < -0.3 is 15.7 Å². The molecule has 1 aromatic carbocycles. The highest BCUT2D eigenvalue weighted by molar-refractivity contribution is 6.34. The fourth-order valence-electron chi connectivity index (χ4n) is 4.00. The molecule has 2 atom stereocenters. The lowest BCUT2D eigenvalue weighted by atomic mass is 9.98. The molecule has 0 fully saturated rings. The summed E-state index contributed by atoms with van der Waals surface area (Å²) >= 11 is 12.4. The Labute approximate surface area is 213 Å². The number of aliphatic hydroxyl groups is 1. The molecule has 0 bridgehead atoms. The fraction of sp³-hybridized carbons (Fsp3) is 0.304. The molecule has 3 N–H and O–H groups in total. The summed E-state index contributed by atoms with van der Waals surface area (Å²) < 4.78 is 40.9. The summed E-state index contributed by atoms with van der Waals surface area (Å²) in [4.78, 5) is 29.8. The van der Waals surface area contributed by atoms with Gasteiger partial charge in [0.1, 0.15) is 5.69 Å². The molecule has 190 valence electrons. The van der Waals surface area contributed by atoms with Crippen LogP contribution in [0.4, 0.5) is 18.9 Å². The smallest absolute Gasteiger partial charge is 0.392 e. The van der Waals surface area contributed by atoms with E-state index in [2.05, 4.69) is 20.7 Å². The molecule has 1 aliphatic carbocycles. The monoisotopic (exact) mass is 541 g/mol. The molecule has 0 aliphatic heterocycles. The molecule has 2 amide bonds. The highest BCUT2D eigenvalue weighted by Gasteiger charge is 2.39. The largest absolute Gasteiger partial charge is 0.435 e. The number of aliphatic hydroxyl groups excluding tert-OH is 1. The number of aromatic nitrogens is 3. The Morgan fingerprint density at radius 2 is 1.92 bits per heavy atom. The fourth-order valence-corrected chi connectivity index (χ4v) is 4.43. The van der Waals surface area contributed by atoms with E-state index in [-0.39, 0.29) is 34.0 Å². The second kappa shape index (κ2) is 9.72. The van der Waals surface area contributed by atoms with E-state index in [1.54, 1.807) is 13.8 Å². The van der Waals surface area contributed by atoms with Crippen LogP contribution in [0.2, 0.25) is 10.0 Å². The van der Waals surface area contributed by atoms with Crippen molar-refractivity contribution in [3.63, 3.8) is 0 Å². The summed E-state index contributed by atoms with van der Waals surface area (Å²) in [6.07, 6.45) is -4.36. The maximum absolute atomic E-state index is 13.4. The molecule has 0 saturated carbocycles. The van der Waals surface area contributed by atoms with Gasteiger partial charge >= 0.3 is 6.18 Å². The predicted molar refractivity (Wildman–Crippen MR) is 127 cm³/mol. The normalized spacial score (nSPS) is 17.2. The van der Waals surface area contributed by atoms with Gasteiger partial charge in [0.15, 0.2) is 11.5 Å². The minimum absolute atomic E-state index is 0.0214. The van der Waals surface area contributed by atoms with Crippen molar-refractivity contribution < 1.29 is 27.9 Å². The summed E-state index contributed by atoms with van der Waals surface area (Å²) in [5, 5.41) is 19.3. The summed E-state index contributed by atoms with van der Waals surface area (Å²) in [6.45, 7) is 3.56. The Morgan fingerprint density at radius 1 is 1.19 bits per heavy atom. The van der Waals surface area contributed by atoms with E-state index >= 15 is 0 Å². The number of fused-ring (bicyclic) bond motifs is 1. The third-order valence-electron chi connectivity index (χ3n) is 5.51. The molecule has 3 aromatic rings. The maximum atomic E-state index is 13.4. The average Bonchev–Trinajstić information content (AvgIpc) is 3.35. The third kappa shape index (κ3) is 5.04. The highest BCUT2D eigenvalue weighted by atomic mass is 35.5. The first kappa shape index (κ1) is 25.9. The zero-order valence-corrected chi connectivity index (χ0v) is 20.4. The summed E-state index contributed by atoms with van der Waals surface area (Å²) in [7, 11) is 0. The first-order valence-corrected chi connectivity index (χ1v) is 11.5. The van der Waals surface area contributed by atoms with Gasteiger partial charge in [-0.3, -0.25) is 9.59 Å². The molecular formula is C23H20Cl2F3N5O3. The number of carbonyl (C=O) groups excluding carboxylic acids is 2. The second-order valence-corrected chi connectivity index (χ2v) is 9.35. The second-order valence-electron chi connectivity index (χ2n) is 8.53. The Hall–Kier alpha value is -3.15.